The molecule has 0 aliphatic rings. The van der Waals surface area contributed by atoms with E-state index in [0.717, 1.165) is 10.5 Å². The molecule has 1 aromatic rings. The van der Waals surface area contributed by atoms with Crippen LogP contribution in [-0.4, -0.2) is 19.5 Å². The van der Waals surface area contributed by atoms with Crippen molar-refractivity contribution in [1.29, 1.82) is 0 Å². The summed E-state index contributed by atoms with van der Waals surface area (Å²) in [5, 5.41) is 0. The Hall–Kier alpha value is -0.480. The molecule has 0 unspecified atom stereocenters. The first-order chi connectivity index (χ1) is 8.54. The lowest BCUT2D eigenvalue weighted by atomic mass is 10.2. The molecule has 1 rings (SSSR count). The van der Waals surface area contributed by atoms with Gasteiger partial charge >= 0.3 is 7.82 Å². The van der Waals surface area contributed by atoms with E-state index >= 15 is 0 Å². The topological polar surface area (TPSA) is 44.8 Å². The number of hydrogen-bond donors (Lipinski definition) is 0. The normalized spacial score (nSPS) is 11.6. The van der Waals surface area contributed by atoms with Gasteiger partial charge < -0.3 is 4.52 Å². The highest BCUT2D eigenvalue weighted by Crippen LogP contribution is 2.50. The van der Waals surface area contributed by atoms with Crippen LogP contribution < -0.4 is 4.52 Å². The summed E-state index contributed by atoms with van der Waals surface area (Å²) < 4.78 is 27.8. The van der Waals surface area contributed by atoms with E-state index in [9.17, 15) is 4.57 Å². The number of aryl methyl sites for hydroxylation is 1. The van der Waals surface area contributed by atoms with E-state index in [1.807, 2.05) is 25.3 Å². The van der Waals surface area contributed by atoms with Crippen molar-refractivity contribution in [2.75, 3.05) is 19.5 Å². The van der Waals surface area contributed by atoms with Gasteiger partial charge in [0.15, 0.2) is 0 Å². The molecular formula is C12H19O4PS. The maximum Gasteiger partial charge on any atom is 0.530 e. The van der Waals surface area contributed by atoms with E-state index in [0.29, 0.717) is 5.75 Å². The smallest absolute Gasteiger partial charge is 0.404 e. The molecular weight excluding hydrogens is 271 g/mol. The van der Waals surface area contributed by atoms with Gasteiger partial charge in [0.05, 0.1) is 13.2 Å². The van der Waals surface area contributed by atoms with Crippen molar-refractivity contribution in [3.05, 3.63) is 23.8 Å². The number of phosphoric acid groups is 1. The van der Waals surface area contributed by atoms with Crippen LogP contribution in [0, 0.1) is 6.92 Å². The van der Waals surface area contributed by atoms with Gasteiger partial charge in [-0.15, -0.1) is 11.8 Å². The SMILES string of the molecule is CCOP(=O)(OCC)Oc1ccc(SC)cc1C. The third-order valence-corrected chi connectivity index (χ3v) is 4.46. The Bertz CT molecular complexity index is 426. The first kappa shape index (κ1) is 15.6. The van der Waals surface area contributed by atoms with E-state index in [4.69, 9.17) is 13.6 Å². The highest BCUT2D eigenvalue weighted by atomic mass is 32.2. The Balaban J connectivity index is 2.90. The molecule has 0 aliphatic heterocycles. The average molecular weight is 290 g/mol. The van der Waals surface area contributed by atoms with Gasteiger partial charge in [0.2, 0.25) is 0 Å². The molecule has 0 radical (unpaired) electrons. The fraction of sp³-hybridized carbons (Fsp3) is 0.500. The third-order valence-electron chi connectivity index (χ3n) is 2.17. The third kappa shape index (κ3) is 4.32. The summed E-state index contributed by atoms with van der Waals surface area (Å²) in [4.78, 5) is 1.13. The largest absolute Gasteiger partial charge is 0.530 e. The molecule has 18 heavy (non-hydrogen) atoms. The Labute approximate surface area is 113 Å². The predicted octanol–water partition coefficient (Wildman–Crippen LogP) is 4.28. The molecule has 0 amide bonds. The molecule has 0 heterocycles. The summed E-state index contributed by atoms with van der Waals surface area (Å²) in [5.41, 5.74) is 0.904. The Morgan fingerprint density at radius 3 is 2.28 bits per heavy atom. The summed E-state index contributed by atoms with van der Waals surface area (Å²) in [7, 11) is -3.50. The van der Waals surface area contributed by atoms with Gasteiger partial charge in [-0.2, -0.15) is 0 Å². The highest BCUT2D eigenvalue weighted by molar-refractivity contribution is 7.98. The van der Waals surface area contributed by atoms with E-state index in [-0.39, 0.29) is 13.2 Å². The fourth-order valence-corrected chi connectivity index (χ4v) is 3.13. The zero-order valence-corrected chi connectivity index (χ0v) is 12.8. The van der Waals surface area contributed by atoms with E-state index in [2.05, 4.69) is 0 Å². The van der Waals surface area contributed by atoms with Crippen molar-refractivity contribution in [2.24, 2.45) is 0 Å². The lowest BCUT2D eigenvalue weighted by Crippen LogP contribution is -2.03. The molecule has 0 aliphatic carbocycles. The minimum absolute atomic E-state index is 0.277. The van der Waals surface area contributed by atoms with Gasteiger partial charge in [0.25, 0.3) is 0 Å². The van der Waals surface area contributed by atoms with Crippen LogP contribution >= 0.6 is 19.6 Å². The van der Waals surface area contributed by atoms with Gasteiger partial charge in [-0.3, -0.25) is 9.05 Å². The summed E-state index contributed by atoms with van der Waals surface area (Å²) in [5.74, 6) is 0.526. The van der Waals surface area contributed by atoms with E-state index in [1.165, 1.54) is 0 Å². The minimum Gasteiger partial charge on any atom is -0.404 e. The Morgan fingerprint density at radius 2 is 1.83 bits per heavy atom. The van der Waals surface area contributed by atoms with Gasteiger partial charge in [0, 0.05) is 4.90 Å². The Kier molecular flexibility index (Phi) is 6.22. The lowest BCUT2D eigenvalue weighted by molar-refractivity contribution is 0.167. The van der Waals surface area contributed by atoms with Crippen molar-refractivity contribution in [3.8, 4) is 5.75 Å². The van der Waals surface area contributed by atoms with Crippen LogP contribution in [0.15, 0.2) is 23.1 Å². The quantitative estimate of drug-likeness (QED) is 0.554. The van der Waals surface area contributed by atoms with Gasteiger partial charge in [-0.25, -0.2) is 4.57 Å². The maximum atomic E-state index is 12.2. The zero-order valence-electron chi connectivity index (χ0n) is 11.1. The first-order valence-electron chi connectivity index (χ1n) is 5.78. The van der Waals surface area contributed by atoms with Crippen LogP contribution in [0.25, 0.3) is 0 Å². The molecule has 0 atom stereocenters. The second-order valence-corrected chi connectivity index (χ2v) is 5.98. The van der Waals surface area contributed by atoms with Crippen LogP contribution in [-0.2, 0) is 13.6 Å². The number of benzene rings is 1. The maximum absolute atomic E-state index is 12.2. The average Bonchev–Trinajstić information content (AvgIpc) is 2.32. The molecule has 0 saturated heterocycles. The zero-order chi connectivity index (χ0) is 13.6. The number of rotatable bonds is 7. The van der Waals surface area contributed by atoms with Crippen LogP contribution in [0.4, 0.5) is 0 Å². The number of hydrogen-bond acceptors (Lipinski definition) is 5. The summed E-state index contributed by atoms with van der Waals surface area (Å²) in [6.45, 7) is 5.95. The summed E-state index contributed by atoms with van der Waals surface area (Å²) in [6.07, 6.45) is 2.00. The number of phosphoric ester groups is 1. The molecule has 1 aromatic carbocycles. The lowest BCUT2D eigenvalue weighted by Gasteiger charge is -2.18. The molecule has 0 bridgehead atoms. The Morgan fingerprint density at radius 1 is 1.22 bits per heavy atom. The fourth-order valence-electron chi connectivity index (χ4n) is 1.38. The van der Waals surface area contributed by atoms with Gasteiger partial charge in [-0.1, -0.05) is 0 Å². The minimum atomic E-state index is -3.50. The van der Waals surface area contributed by atoms with Crippen molar-refractivity contribution in [3.63, 3.8) is 0 Å². The summed E-state index contributed by atoms with van der Waals surface area (Å²) in [6, 6.07) is 5.67. The first-order valence-corrected chi connectivity index (χ1v) is 8.46. The van der Waals surface area contributed by atoms with Crippen LogP contribution in [0.2, 0.25) is 0 Å². The number of thioether (sulfide) groups is 1. The van der Waals surface area contributed by atoms with Crippen LogP contribution in [0.3, 0.4) is 0 Å². The monoisotopic (exact) mass is 290 g/mol. The summed E-state index contributed by atoms with van der Waals surface area (Å²) >= 11 is 1.64. The van der Waals surface area contributed by atoms with Crippen LogP contribution in [0.1, 0.15) is 19.4 Å². The highest BCUT2D eigenvalue weighted by Gasteiger charge is 2.27. The molecule has 0 spiro atoms. The molecule has 6 heteroatoms. The van der Waals surface area contributed by atoms with Crippen molar-refractivity contribution in [1.82, 2.24) is 0 Å². The second kappa shape index (κ2) is 7.19. The molecule has 0 aromatic heterocycles. The second-order valence-electron chi connectivity index (χ2n) is 3.51. The predicted molar refractivity (Wildman–Crippen MR) is 74.4 cm³/mol. The molecule has 102 valence electrons. The van der Waals surface area contributed by atoms with Crippen LogP contribution in [0.5, 0.6) is 5.75 Å². The standard InChI is InChI=1S/C12H19O4PS/c1-5-14-17(13,15-6-2)16-12-8-7-11(18-4)9-10(12)3/h7-9H,5-6H2,1-4H3. The van der Waals surface area contributed by atoms with Gasteiger partial charge in [-0.05, 0) is 50.8 Å². The van der Waals surface area contributed by atoms with E-state index < -0.39 is 7.82 Å². The molecule has 0 fully saturated rings. The molecule has 0 saturated carbocycles. The van der Waals surface area contributed by atoms with Gasteiger partial charge in [0.1, 0.15) is 5.75 Å². The van der Waals surface area contributed by atoms with Crippen molar-refractivity contribution < 1.29 is 18.1 Å². The molecule has 0 N–H and O–H groups in total. The van der Waals surface area contributed by atoms with Crippen molar-refractivity contribution in [2.45, 2.75) is 25.7 Å². The van der Waals surface area contributed by atoms with E-state index in [1.54, 1.807) is 31.7 Å². The molecule has 4 nitrogen and oxygen atoms in total. The van der Waals surface area contributed by atoms with Crippen molar-refractivity contribution >= 4 is 19.6 Å².